The van der Waals surface area contributed by atoms with Crippen molar-refractivity contribution >= 4 is 5.78 Å². The van der Waals surface area contributed by atoms with Gasteiger partial charge in [0.25, 0.3) is 0 Å². The summed E-state index contributed by atoms with van der Waals surface area (Å²) >= 11 is 0. The Balaban J connectivity index is 1.50. The summed E-state index contributed by atoms with van der Waals surface area (Å²) in [6.07, 6.45) is -0.0993. The van der Waals surface area contributed by atoms with E-state index in [1.807, 2.05) is 84.9 Å². The lowest BCUT2D eigenvalue weighted by atomic mass is 9.80. The van der Waals surface area contributed by atoms with Crippen LogP contribution >= 0.6 is 0 Å². The third kappa shape index (κ3) is 5.72. The van der Waals surface area contributed by atoms with E-state index in [0.29, 0.717) is 19.4 Å². The van der Waals surface area contributed by atoms with Crippen molar-refractivity contribution in [2.75, 3.05) is 6.61 Å². The van der Waals surface area contributed by atoms with E-state index >= 15 is 0 Å². The normalized spacial score (nSPS) is 19.9. The molecule has 4 aromatic carbocycles. The van der Waals surface area contributed by atoms with E-state index in [2.05, 4.69) is 36.4 Å². The number of rotatable bonds is 9. The molecule has 0 aliphatic carbocycles. The molecule has 4 heteroatoms. The minimum atomic E-state index is -0.830. The zero-order valence-corrected chi connectivity index (χ0v) is 21.0. The molecule has 0 saturated carbocycles. The van der Waals surface area contributed by atoms with Crippen LogP contribution in [0.4, 0.5) is 0 Å². The van der Waals surface area contributed by atoms with E-state index in [1.165, 1.54) is 0 Å². The summed E-state index contributed by atoms with van der Waals surface area (Å²) in [5.41, 5.74) is 3.23. The van der Waals surface area contributed by atoms with Crippen LogP contribution in [-0.2, 0) is 24.6 Å². The molecular formula is C33H32O4. The highest BCUT2D eigenvalue weighted by Gasteiger charge is 2.40. The molecule has 188 valence electrons. The molecular weight excluding hydrogens is 460 g/mol. The highest BCUT2D eigenvalue weighted by molar-refractivity contribution is 5.76. The Kier molecular flexibility index (Phi) is 7.90. The molecule has 0 bridgehead atoms. The largest absolute Gasteiger partial charge is 0.358 e. The van der Waals surface area contributed by atoms with E-state index in [4.69, 9.17) is 14.2 Å². The fourth-order valence-electron chi connectivity index (χ4n) is 5.10. The van der Waals surface area contributed by atoms with Gasteiger partial charge in [-0.25, -0.2) is 0 Å². The number of hydrogen-bond donors (Lipinski definition) is 0. The second kappa shape index (κ2) is 11.7. The summed E-state index contributed by atoms with van der Waals surface area (Å²) in [5, 5.41) is 0. The molecule has 1 heterocycles. The Morgan fingerprint density at radius 3 is 1.59 bits per heavy atom. The average molecular weight is 493 g/mol. The first-order valence-corrected chi connectivity index (χ1v) is 12.8. The summed E-state index contributed by atoms with van der Waals surface area (Å²) in [5.74, 6) is 0.102. The number of ether oxygens (including phenoxy) is 3. The van der Waals surface area contributed by atoms with Gasteiger partial charge in [-0.2, -0.15) is 0 Å². The van der Waals surface area contributed by atoms with Gasteiger partial charge in [-0.05, 0) is 23.6 Å². The summed E-state index contributed by atoms with van der Waals surface area (Å²) in [7, 11) is 0. The Bertz CT molecular complexity index is 1160. The molecule has 0 amide bonds. The maximum atomic E-state index is 12.0. The van der Waals surface area contributed by atoms with Gasteiger partial charge in [-0.15, -0.1) is 0 Å². The molecule has 3 atom stereocenters. The van der Waals surface area contributed by atoms with Crippen molar-refractivity contribution < 1.29 is 19.0 Å². The lowest BCUT2D eigenvalue weighted by Gasteiger charge is -2.40. The van der Waals surface area contributed by atoms with E-state index < -0.39 is 11.9 Å². The number of Topliss-reactive ketones (excluding diaryl/α,β-unsaturated/α-hetero) is 1. The highest BCUT2D eigenvalue weighted by Crippen LogP contribution is 2.41. The van der Waals surface area contributed by atoms with Crippen LogP contribution in [0.15, 0.2) is 121 Å². The number of carbonyl (C=O) groups is 1. The minimum Gasteiger partial charge on any atom is -0.358 e. The summed E-state index contributed by atoms with van der Waals surface area (Å²) < 4.78 is 19.6. The molecule has 5 rings (SSSR count). The van der Waals surface area contributed by atoms with Gasteiger partial charge in [-0.1, -0.05) is 121 Å². The van der Waals surface area contributed by atoms with Crippen LogP contribution in [0.3, 0.4) is 0 Å². The van der Waals surface area contributed by atoms with Crippen LogP contribution < -0.4 is 0 Å². The maximum Gasteiger partial charge on any atom is 0.184 e. The number of benzene rings is 4. The van der Waals surface area contributed by atoms with Gasteiger partial charge in [-0.3, -0.25) is 4.79 Å². The SMILES string of the molecule is CC(=O)C[C@H]1C[C@@H](COC(c2ccccc2)(c2ccccc2)c2ccccc2)O[C@@H](c2ccccc2)O1. The van der Waals surface area contributed by atoms with Gasteiger partial charge in [0.1, 0.15) is 11.4 Å². The fourth-order valence-corrected chi connectivity index (χ4v) is 5.10. The molecule has 1 saturated heterocycles. The predicted octanol–water partition coefficient (Wildman–Crippen LogP) is 6.85. The molecule has 1 fully saturated rings. The van der Waals surface area contributed by atoms with Crippen molar-refractivity contribution in [2.24, 2.45) is 0 Å². The Labute approximate surface area is 218 Å². The maximum absolute atomic E-state index is 12.0. The van der Waals surface area contributed by atoms with E-state index in [-0.39, 0.29) is 18.0 Å². The zero-order valence-electron chi connectivity index (χ0n) is 21.0. The van der Waals surface area contributed by atoms with Crippen LogP contribution in [0, 0.1) is 0 Å². The topological polar surface area (TPSA) is 44.8 Å². The number of ketones is 1. The molecule has 0 spiro atoms. The fraction of sp³-hybridized carbons (Fsp3) is 0.242. The molecule has 0 radical (unpaired) electrons. The summed E-state index contributed by atoms with van der Waals surface area (Å²) in [4.78, 5) is 12.0. The van der Waals surface area contributed by atoms with Crippen LogP contribution in [0.25, 0.3) is 0 Å². The molecule has 1 aliphatic rings. The van der Waals surface area contributed by atoms with Crippen molar-refractivity contribution in [1.82, 2.24) is 0 Å². The predicted molar refractivity (Wildman–Crippen MR) is 144 cm³/mol. The first kappa shape index (κ1) is 25.1. The Morgan fingerprint density at radius 2 is 1.14 bits per heavy atom. The number of hydrogen-bond acceptors (Lipinski definition) is 4. The third-order valence-corrected chi connectivity index (χ3v) is 6.77. The minimum absolute atomic E-state index is 0.102. The highest BCUT2D eigenvalue weighted by atomic mass is 16.7. The van der Waals surface area contributed by atoms with E-state index in [0.717, 1.165) is 22.3 Å². The van der Waals surface area contributed by atoms with Crippen molar-refractivity contribution in [3.63, 3.8) is 0 Å². The van der Waals surface area contributed by atoms with E-state index in [1.54, 1.807) is 6.92 Å². The van der Waals surface area contributed by atoms with Crippen LogP contribution in [0.1, 0.15) is 48.3 Å². The standard InChI is InChI=1S/C33H32O4/c1-25(34)22-30-23-31(37-32(36-30)26-14-6-2-7-15-26)24-35-33(27-16-8-3-9-17-27,28-18-10-4-11-19-28)29-20-12-5-13-21-29/h2-21,30-32H,22-24H2,1H3/t30-,31-,32-/m0/s1. The average Bonchev–Trinajstić information content (AvgIpc) is 2.95. The first-order valence-electron chi connectivity index (χ1n) is 12.8. The van der Waals surface area contributed by atoms with Gasteiger partial charge >= 0.3 is 0 Å². The van der Waals surface area contributed by atoms with Gasteiger partial charge in [0, 0.05) is 18.4 Å². The van der Waals surface area contributed by atoms with Crippen LogP contribution in [-0.4, -0.2) is 24.6 Å². The number of carbonyl (C=O) groups excluding carboxylic acids is 1. The van der Waals surface area contributed by atoms with Gasteiger partial charge in [0.15, 0.2) is 6.29 Å². The van der Waals surface area contributed by atoms with Crippen molar-refractivity contribution in [1.29, 1.82) is 0 Å². The molecule has 37 heavy (non-hydrogen) atoms. The molecule has 0 unspecified atom stereocenters. The second-order valence-electron chi connectivity index (χ2n) is 9.49. The monoisotopic (exact) mass is 492 g/mol. The van der Waals surface area contributed by atoms with Gasteiger partial charge in [0.05, 0.1) is 18.8 Å². The summed E-state index contributed by atoms with van der Waals surface area (Å²) in [6, 6.07) is 40.8. The van der Waals surface area contributed by atoms with E-state index in [9.17, 15) is 4.79 Å². The quantitative estimate of drug-likeness (QED) is 0.240. The Hall–Kier alpha value is -3.57. The molecule has 0 N–H and O–H groups in total. The molecule has 4 nitrogen and oxygen atoms in total. The lowest BCUT2D eigenvalue weighted by molar-refractivity contribution is -0.260. The van der Waals surface area contributed by atoms with Crippen molar-refractivity contribution in [3.8, 4) is 0 Å². The Morgan fingerprint density at radius 1 is 0.703 bits per heavy atom. The van der Waals surface area contributed by atoms with Crippen LogP contribution in [0.2, 0.25) is 0 Å². The van der Waals surface area contributed by atoms with Crippen molar-refractivity contribution in [2.45, 2.75) is 43.9 Å². The van der Waals surface area contributed by atoms with Crippen LogP contribution in [0.5, 0.6) is 0 Å². The molecule has 1 aliphatic heterocycles. The first-order chi connectivity index (χ1) is 18.1. The lowest BCUT2D eigenvalue weighted by Crippen LogP contribution is -2.41. The summed E-state index contributed by atoms with van der Waals surface area (Å²) in [6.45, 7) is 1.94. The molecule has 4 aromatic rings. The van der Waals surface area contributed by atoms with Gasteiger partial charge in [0.2, 0.25) is 0 Å². The zero-order chi connectivity index (χ0) is 25.5. The second-order valence-corrected chi connectivity index (χ2v) is 9.49. The van der Waals surface area contributed by atoms with Gasteiger partial charge < -0.3 is 14.2 Å². The molecule has 0 aromatic heterocycles. The smallest absolute Gasteiger partial charge is 0.184 e. The third-order valence-electron chi connectivity index (χ3n) is 6.77. The van der Waals surface area contributed by atoms with Crippen molar-refractivity contribution in [3.05, 3.63) is 144 Å².